The zero-order valence-corrected chi connectivity index (χ0v) is 17.5. The predicted octanol–water partition coefficient (Wildman–Crippen LogP) is 3.79. The van der Waals surface area contributed by atoms with Crippen molar-refractivity contribution in [1.82, 2.24) is 9.97 Å². The summed E-state index contributed by atoms with van der Waals surface area (Å²) in [6.07, 6.45) is 4.55. The Hall–Kier alpha value is -2.71. The second kappa shape index (κ2) is 8.34. The van der Waals surface area contributed by atoms with Crippen LogP contribution in [0.25, 0.3) is 0 Å². The van der Waals surface area contributed by atoms with E-state index < -0.39 is 11.2 Å². The minimum atomic E-state index is -1.19. The number of carbonyl (C=O) groups is 1. The normalized spacial score (nSPS) is 24.3. The van der Waals surface area contributed by atoms with Crippen LogP contribution < -0.4 is 0 Å². The molecule has 0 amide bonds. The maximum Gasteiger partial charge on any atom is 0.310 e. The number of aryl methyl sites for hydroxylation is 1. The number of rotatable bonds is 2. The van der Waals surface area contributed by atoms with Gasteiger partial charge < -0.3 is 9.84 Å². The topological polar surface area (TPSA) is 72.3 Å². The van der Waals surface area contributed by atoms with Crippen LogP contribution in [-0.2, 0) is 9.53 Å². The quantitative estimate of drug-likeness (QED) is 0.622. The molecule has 5 nitrogen and oxygen atoms in total. The van der Waals surface area contributed by atoms with Crippen LogP contribution in [0.15, 0.2) is 42.7 Å². The Kier molecular flexibility index (Phi) is 6.04. The highest BCUT2D eigenvalue weighted by atomic mass is 16.6. The van der Waals surface area contributed by atoms with E-state index in [1.165, 1.54) is 0 Å². The van der Waals surface area contributed by atoms with E-state index in [0.29, 0.717) is 25.0 Å². The first-order valence-corrected chi connectivity index (χ1v) is 9.97. The zero-order valence-electron chi connectivity index (χ0n) is 17.5. The lowest BCUT2D eigenvalue weighted by molar-refractivity contribution is -0.163. The largest absolute Gasteiger partial charge is 0.460 e. The average molecular weight is 392 g/mol. The van der Waals surface area contributed by atoms with Crippen LogP contribution in [0.5, 0.6) is 0 Å². The number of aliphatic hydroxyl groups is 1. The fourth-order valence-corrected chi connectivity index (χ4v) is 3.66. The van der Waals surface area contributed by atoms with E-state index in [9.17, 15) is 9.90 Å². The fraction of sp³-hybridized carbons (Fsp3) is 0.458. The second-order valence-electron chi connectivity index (χ2n) is 8.72. The first-order valence-electron chi connectivity index (χ1n) is 9.97. The molecule has 0 bridgehead atoms. The highest BCUT2D eigenvalue weighted by Crippen LogP contribution is 2.43. The van der Waals surface area contributed by atoms with Crippen molar-refractivity contribution < 1.29 is 14.6 Å². The molecule has 1 aromatic carbocycles. The average Bonchev–Trinajstić information content (AvgIpc) is 2.67. The molecule has 1 fully saturated rings. The summed E-state index contributed by atoms with van der Waals surface area (Å²) in [5, 5.41) is 11.2. The smallest absolute Gasteiger partial charge is 0.310 e. The Morgan fingerprint density at radius 2 is 1.93 bits per heavy atom. The van der Waals surface area contributed by atoms with Crippen LogP contribution >= 0.6 is 0 Å². The monoisotopic (exact) mass is 392 g/mol. The van der Waals surface area contributed by atoms with Crippen LogP contribution in [-0.4, -0.2) is 32.2 Å². The van der Waals surface area contributed by atoms with E-state index in [0.717, 1.165) is 11.3 Å². The van der Waals surface area contributed by atoms with Gasteiger partial charge in [-0.3, -0.25) is 9.78 Å². The van der Waals surface area contributed by atoms with Crippen molar-refractivity contribution in [3.63, 3.8) is 0 Å². The molecule has 0 saturated heterocycles. The maximum atomic E-state index is 12.9. The van der Waals surface area contributed by atoms with Crippen molar-refractivity contribution in [2.75, 3.05) is 0 Å². The summed E-state index contributed by atoms with van der Waals surface area (Å²) in [6.45, 7) is 7.47. The van der Waals surface area contributed by atoms with E-state index in [-0.39, 0.29) is 17.8 Å². The highest BCUT2D eigenvalue weighted by molar-refractivity contribution is 5.74. The molecule has 1 unspecified atom stereocenters. The minimum absolute atomic E-state index is 0.164. The Morgan fingerprint density at radius 3 is 2.55 bits per heavy atom. The third-order valence-corrected chi connectivity index (χ3v) is 5.05. The SMILES string of the molecule is Cc1cnc(C#CC2(O)CC[C@@H](C(=O)OC(C)(C)C)[C@H](c3ccccc3)C2)cn1. The third kappa shape index (κ3) is 5.65. The molecular formula is C24H28N2O3. The van der Waals surface area contributed by atoms with Gasteiger partial charge in [-0.25, -0.2) is 4.98 Å². The number of ether oxygens (including phenoxy) is 1. The Morgan fingerprint density at radius 1 is 1.21 bits per heavy atom. The number of benzene rings is 1. The lowest BCUT2D eigenvalue weighted by Crippen LogP contribution is -2.41. The molecule has 1 heterocycles. The molecule has 29 heavy (non-hydrogen) atoms. The van der Waals surface area contributed by atoms with Crippen molar-refractivity contribution in [2.45, 2.75) is 64.1 Å². The van der Waals surface area contributed by atoms with Crippen molar-refractivity contribution >= 4 is 5.97 Å². The molecule has 0 aliphatic heterocycles. The summed E-state index contributed by atoms with van der Waals surface area (Å²) < 4.78 is 5.66. The summed E-state index contributed by atoms with van der Waals surface area (Å²) in [4.78, 5) is 21.3. The number of nitrogens with zero attached hydrogens (tertiary/aromatic N) is 2. The minimum Gasteiger partial charge on any atom is -0.460 e. The van der Waals surface area contributed by atoms with Gasteiger partial charge in [0.25, 0.3) is 0 Å². The van der Waals surface area contributed by atoms with E-state index in [1.807, 2.05) is 58.0 Å². The van der Waals surface area contributed by atoms with Gasteiger partial charge in [-0.05, 0) is 58.4 Å². The molecule has 0 radical (unpaired) electrons. The number of hydrogen-bond acceptors (Lipinski definition) is 5. The van der Waals surface area contributed by atoms with Gasteiger partial charge in [-0.15, -0.1) is 0 Å². The lowest BCUT2D eigenvalue weighted by atomic mass is 9.69. The van der Waals surface area contributed by atoms with E-state index in [2.05, 4.69) is 21.8 Å². The van der Waals surface area contributed by atoms with Crippen LogP contribution in [0, 0.1) is 24.7 Å². The molecule has 2 aromatic rings. The van der Waals surface area contributed by atoms with Crippen molar-refractivity contribution in [3.8, 4) is 11.8 Å². The van der Waals surface area contributed by atoms with Gasteiger partial charge in [0.1, 0.15) is 16.9 Å². The summed E-state index contributed by atoms with van der Waals surface area (Å²) in [7, 11) is 0. The van der Waals surface area contributed by atoms with Crippen molar-refractivity contribution in [2.24, 2.45) is 5.92 Å². The maximum absolute atomic E-state index is 12.9. The van der Waals surface area contributed by atoms with Gasteiger partial charge in [0.2, 0.25) is 0 Å². The van der Waals surface area contributed by atoms with E-state index in [1.54, 1.807) is 12.4 Å². The Labute approximate surface area is 172 Å². The van der Waals surface area contributed by atoms with Crippen LogP contribution in [0.3, 0.4) is 0 Å². The third-order valence-electron chi connectivity index (χ3n) is 5.05. The van der Waals surface area contributed by atoms with Gasteiger partial charge in [0.15, 0.2) is 0 Å². The zero-order chi connectivity index (χ0) is 21.1. The number of carbonyl (C=O) groups excluding carboxylic acids is 1. The summed E-state index contributed by atoms with van der Waals surface area (Å²) in [6, 6.07) is 9.82. The van der Waals surface area contributed by atoms with E-state index in [4.69, 9.17) is 4.74 Å². The molecule has 3 rings (SSSR count). The van der Waals surface area contributed by atoms with Crippen LogP contribution in [0.2, 0.25) is 0 Å². The molecule has 0 spiro atoms. The first kappa shape index (κ1) is 21.0. The van der Waals surface area contributed by atoms with Gasteiger partial charge >= 0.3 is 5.97 Å². The van der Waals surface area contributed by atoms with Gasteiger partial charge in [0.05, 0.1) is 17.8 Å². The molecule has 1 aliphatic carbocycles. The number of hydrogen-bond donors (Lipinski definition) is 1. The Balaban J connectivity index is 1.86. The molecule has 1 aliphatic rings. The molecule has 1 N–H and O–H groups in total. The van der Waals surface area contributed by atoms with Crippen LogP contribution in [0.4, 0.5) is 0 Å². The molecule has 1 aromatic heterocycles. The molecule has 5 heteroatoms. The number of esters is 1. The lowest BCUT2D eigenvalue weighted by Gasteiger charge is -2.39. The van der Waals surface area contributed by atoms with Crippen molar-refractivity contribution in [1.29, 1.82) is 0 Å². The van der Waals surface area contributed by atoms with Gasteiger partial charge in [-0.2, -0.15) is 0 Å². The molecule has 3 atom stereocenters. The molecule has 152 valence electrons. The highest BCUT2D eigenvalue weighted by Gasteiger charge is 2.43. The Bertz CT molecular complexity index is 907. The first-order chi connectivity index (χ1) is 13.7. The molecular weight excluding hydrogens is 364 g/mol. The van der Waals surface area contributed by atoms with Crippen molar-refractivity contribution in [3.05, 3.63) is 59.7 Å². The molecule has 1 saturated carbocycles. The second-order valence-corrected chi connectivity index (χ2v) is 8.72. The predicted molar refractivity (Wildman–Crippen MR) is 111 cm³/mol. The summed E-state index contributed by atoms with van der Waals surface area (Å²) in [5.41, 5.74) is 0.617. The summed E-state index contributed by atoms with van der Waals surface area (Å²) >= 11 is 0. The van der Waals surface area contributed by atoms with E-state index >= 15 is 0 Å². The number of aromatic nitrogens is 2. The summed E-state index contributed by atoms with van der Waals surface area (Å²) in [5.74, 6) is 5.25. The fourth-order valence-electron chi connectivity index (χ4n) is 3.66. The van der Waals surface area contributed by atoms with Crippen LogP contribution in [0.1, 0.15) is 62.9 Å². The van der Waals surface area contributed by atoms with Gasteiger partial charge in [0, 0.05) is 12.1 Å². The van der Waals surface area contributed by atoms with Gasteiger partial charge in [-0.1, -0.05) is 36.3 Å². The standard InChI is InChI=1S/C24H28N2O3/c1-17-15-26-19(16-25-17)10-12-24(28)13-11-20(22(27)29-23(2,3)4)21(14-24)18-8-6-5-7-9-18/h5-9,15-16,20-21,28H,11,13-14H2,1-4H3/t20-,21+,24?/m1/s1.